The number of rotatable bonds is 2. The molecule has 0 aliphatic carbocycles. The van der Waals surface area contributed by atoms with Gasteiger partial charge in [-0.3, -0.25) is 15.4 Å². The zero-order chi connectivity index (χ0) is 19.3. The summed E-state index contributed by atoms with van der Waals surface area (Å²) in [5, 5.41) is 13.7. The van der Waals surface area contributed by atoms with Gasteiger partial charge >= 0.3 is 6.09 Å². The normalized spacial score (nSPS) is 10.5. The summed E-state index contributed by atoms with van der Waals surface area (Å²) in [6, 6.07) is 12.0. The first-order chi connectivity index (χ1) is 12.1. The summed E-state index contributed by atoms with van der Waals surface area (Å²) in [5.41, 5.74) is 1.54. The highest BCUT2D eigenvalue weighted by molar-refractivity contribution is 5.88. The van der Waals surface area contributed by atoms with E-state index in [0.29, 0.717) is 5.56 Å². The molecule has 1 N–H and O–H groups in total. The van der Waals surface area contributed by atoms with Crippen molar-refractivity contribution in [2.75, 3.05) is 5.32 Å². The second-order valence-corrected chi connectivity index (χ2v) is 6.73. The lowest BCUT2D eigenvalue weighted by Crippen LogP contribution is -2.27. The Morgan fingerprint density at radius 2 is 1.65 bits per heavy atom. The van der Waals surface area contributed by atoms with Crippen LogP contribution in [0.1, 0.15) is 37.5 Å². The number of aryl methyl sites for hydroxylation is 1. The lowest BCUT2D eigenvalue weighted by Gasteiger charge is -2.19. The standard InChI is InChI=1S/C20H20N2O4/c1-14-5-7-15(8-6-14)9-10-16-11-12-17(18(13-16)22(24)25)21-19(23)26-20(2,3)4/h5-8,11-13H,1-4H3,(H,21,23). The molecule has 6 nitrogen and oxygen atoms in total. The van der Waals surface area contributed by atoms with Crippen molar-refractivity contribution in [3.05, 3.63) is 69.3 Å². The van der Waals surface area contributed by atoms with Crippen molar-refractivity contribution in [1.29, 1.82) is 0 Å². The van der Waals surface area contributed by atoms with Crippen LogP contribution in [-0.2, 0) is 4.74 Å². The highest BCUT2D eigenvalue weighted by Gasteiger charge is 2.20. The van der Waals surface area contributed by atoms with Crippen LogP contribution in [0.5, 0.6) is 0 Å². The van der Waals surface area contributed by atoms with Crippen LogP contribution >= 0.6 is 0 Å². The number of carbonyl (C=O) groups excluding carboxylic acids is 1. The van der Waals surface area contributed by atoms with Crippen LogP contribution in [0.3, 0.4) is 0 Å². The van der Waals surface area contributed by atoms with Crippen LogP contribution in [0.25, 0.3) is 0 Å². The third-order valence-corrected chi connectivity index (χ3v) is 3.23. The zero-order valence-corrected chi connectivity index (χ0v) is 15.1. The third-order valence-electron chi connectivity index (χ3n) is 3.23. The molecule has 2 aromatic rings. The molecule has 0 aliphatic heterocycles. The van der Waals surface area contributed by atoms with Crippen molar-refractivity contribution in [1.82, 2.24) is 0 Å². The number of nitro benzene ring substituents is 1. The van der Waals surface area contributed by atoms with Gasteiger partial charge in [-0.05, 0) is 52.0 Å². The molecule has 0 bridgehead atoms. The fourth-order valence-electron chi connectivity index (χ4n) is 2.06. The molecular formula is C20H20N2O4. The molecule has 6 heteroatoms. The first kappa shape index (κ1) is 19.0. The molecule has 0 aliphatic rings. The predicted octanol–water partition coefficient (Wildman–Crippen LogP) is 4.65. The number of anilines is 1. The van der Waals surface area contributed by atoms with E-state index in [1.54, 1.807) is 26.8 Å². The Kier molecular flexibility index (Phi) is 5.63. The molecule has 1 amide bonds. The second-order valence-electron chi connectivity index (χ2n) is 6.73. The van der Waals surface area contributed by atoms with Gasteiger partial charge in [0.05, 0.1) is 4.92 Å². The van der Waals surface area contributed by atoms with Crippen LogP contribution in [0, 0.1) is 28.9 Å². The highest BCUT2D eigenvalue weighted by atomic mass is 16.6. The first-order valence-corrected chi connectivity index (χ1v) is 8.01. The van der Waals surface area contributed by atoms with Gasteiger partial charge in [-0.15, -0.1) is 0 Å². The van der Waals surface area contributed by atoms with Crippen molar-refractivity contribution < 1.29 is 14.5 Å². The van der Waals surface area contributed by atoms with E-state index in [-0.39, 0.29) is 11.4 Å². The number of benzene rings is 2. The number of hydrogen-bond donors (Lipinski definition) is 1. The van der Waals surface area contributed by atoms with E-state index in [4.69, 9.17) is 4.74 Å². The minimum atomic E-state index is -0.751. The largest absolute Gasteiger partial charge is 0.444 e. The summed E-state index contributed by atoms with van der Waals surface area (Å²) in [6.45, 7) is 7.12. The minimum Gasteiger partial charge on any atom is -0.444 e. The van der Waals surface area contributed by atoms with Crippen LogP contribution in [0.4, 0.5) is 16.2 Å². The average Bonchev–Trinajstić information content (AvgIpc) is 2.53. The van der Waals surface area contributed by atoms with Gasteiger partial charge in [0, 0.05) is 17.2 Å². The number of amides is 1. The van der Waals surface area contributed by atoms with Crippen LogP contribution < -0.4 is 5.32 Å². The number of nitrogens with zero attached hydrogens (tertiary/aromatic N) is 1. The SMILES string of the molecule is Cc1ccc(C#Cc2ccc(NC(=O)OC(C)(C)C)c([N+](=O)[O-])c2)cc1. The van der Waals surface area contributed by atoms with Gasteiger partial charge in [0.15, 0.2) is 0 Å². The van der Waals surface area contributed by atoms with E-state index in [9.17, 15) is 14.9 Å². The smallest absolute Gasteiger partial charge is 0.412 e. The van der Waals surface area contributed by atoms with Gasteiger partial charge in [0.25, 0.3) is 5.69 Å². The molecule has 0 unspecified atom stereocenters. The molecule has 0 spiro atoms. The predicted molar refractivity (Wildman–Crippen MR) is 100 cm³/mol. The van der Waals surface area contributed by atoms with Crippen molar-refractivity contribution in [3.8, 4) is 11.8 Å². The monoisotopic (exact) mass is 352 g/mol. The van der Waals surface area contributed by atoms with E-state index in [1.807, 2.05) is 31.2 Å². The summed E-state index contributed by atoms with van der Waals surface area (Å²) in [5.74, 6) is 5.86. The summed E-state index contributed by atoms with van der Waals surface area (Å²) < 4.78 is 5.12. The topological polar surface area (TPSA) is 81.5 Å². The van der Waals surface area contributed by atoms with Crippen molar-refractivity contribution in [2.24, 2.45) is 0 Å². The fraction of sp³-hybridized carbons (Fsp3) is 0.250. The Balaban J connectivity index is 2.25. The van der Waals surface area contributed by atoms with Gasteiger partial charge in [0.2, 0.25) is 0 Å². The third kappa shape index (κ3) is 5.64. The maximum atomic E-state index is 11.8. The number of nitrogens with one attached hydrogen (secondary N) is 1. The molecule has 26 heavy (non-hydrogen) atoms. The summed E-state index contributed by atoms with van der Waals surface area (Å²) in [4.78, 5) is 22.6. The number of nitro groups is 1. The van der Waals surface area contributed by atoms with Crippen molar-refractivity contribution in [3.63, 3.8) is 0 Å². The van der Waals surface area contributed by atoms with Gasteiger partial charge in [-0.2, -0.15) is 0 Å². The molecule has 0 saturated carbocycles. The number of ether oxygens (including phenoxy) is 1. The fourth-order valence-corrected chi connectivity index (χ4v) is 2.06. The van der Waals surface area contributed by atoms with E-state index in [2.05, 4.69) is 17.2 Å². The van der Waals surface area contributed by atoms with Gasteiger partial charge in [0.1, 0.15) is 11.3 Å². The molecule has 0 saturated heterocycles. The zero-order valence-electron chi connectivity index (χ0n) is 15.1. The van der Waals surface area contributed by atoms with Gasteiger partial charge in [-0.1, -0.05) is 29.5 Å². The van der Waals surface area contributed by atoms with E-state index in [0.717, 1.165) is 11.1 Å². The summed E-state index contributed by atoms with van der Waals surface area (Å²) in [7, 11) is 0. The van der Waals surface area contributed by atoms with Crippen molar-refractivity contribution >= 4 is 17.5 Å². The van der Waals surface area contributed by atoms with Crippen molar-refractivity contribution in [2.45, 2.75) is 33.3 Å². The van der Waals surface area contributed by atoms with Crippen LogP contribution in [0.2, 0.25) is 0 Å². The highest BCUT2D eigenvalue weighted by Crippen LogP contribution is 2.26. The number of hydrogen-bond acceptors (Lipinski definition) is 4. The Bertz CT molecular complexity index is 885. The molecule has 0 aromatic heterocycles. The molecule has 134 valence electrons. The summed E-state index contributed by atoms with van der Waals surface area (Å²) >= 11 is 0. The first-order valence-electron chi connectivity index (χ1n) is 8.01. The lowest BCUT2D eigenvalue weighted by atomic mass is 10.1. The minimum absolute atomic E-state index is 0.0603. The quantitative estimate of drug-likeness (QED) is 0.484. The van der Waals surface area contributed by atoms with E-state index < -0.39 is 16.6 Å². The summed E-state index contributed by atoms with van der Waals surface area (Å²) in [6.07, 6.45) is -0.751. The molecule has 2 aromatic carbocycles. The average molecular weight is 352 g/mol. The maximum absolute atomic E-state index is 11.8. The number of carbonyl (C=O) groups is 1. The van der Waals surface area contributed by atoms with Crippen LogP contribution in [-0.4, -0.2) is 16.6 Å². The molecule has 0 heterocycles. The Morgan fingerprint density at radius 3 is 2.23 bits per heavy atom. The molecule has 2 rings (SSSR count). The molecule has 0 atom stereocenters. The van der Waals surface area contributed by atoms with E-state index in [1.165, 1.54) is 12.1 Å². The molecule has 0 fully saturated rings. The van der Waals surface area contributed by atoms with E-state index >= 15 is 0 Å². The molecule has 0 radical (unpaired) electrons. The Labute approximate surface area is 152 Å². The maximum Gasteiger partial charge on any atom is 0.412 e. The Hall–Kier alpha value is -3.33. The van der Waals surface area contributed by atoms with Gasteiger partial charge < -0.3 is 4.74 Å². The lowest BCUT2D eigenvalue weighted by molar-refractivity contribution is -0.383. The van der Waals surface area contributed by atoms with Crippen LogP contribution in [0.15, 0.2) is 42.5 Å². The van der Waals surface area contributed by atoms with Gasteiger partial charge in [-0.25, -0.2) is 4.79 Å². The Morgan fingerprint density at radius 1 is 1.08 bits per heavy atom. The molecular weight excluding hydrogens is 332 g/mol. The second kappa shape index (κ2) is 7.70.